The molecule has 8 atom stereocenters. The standard InChI is InChI=1S/C19H32O2/c1-18-10-4-3-5-12(18)6-7-13-14-8-9-16(21)19(14,2)11-15(20)17(13)18/h12-17,20-21H,3-11H2,1-2H3/t12-,13+,14+,15+,16+,17?,18+,19+/m1/s1. The first-order valence-corrected chi connectivity index (χ1v) is 9.33. The van der Waals surface area contributed by atoms with Crippen LogP contribution in [0.2, 0.25) is 0 Å². The Morgan fingerprint density at radius 3 is 2.48 bits per heavy atom. The third-order valence-corrected chi connectivity index (χ3v) is 8.46. The first-order valence-electron chi connectivity index (χ1n) is 9.33. The van der Waals surface area contributed by atoms with E-state index in [0.29, 0.717) is 23.2 Å². The molecule has 4 aliphatic rings. The minimum Gasteiger partial charge on any atom is -0.393 e. The highest BCUT2D eigenvalue weighted by Crippen LogP contribution is 2.66. The van der Waals surface area contributed by atoms with Crippen LogP contribution in [0.15, 0.2) is 0 Å². The maximum atomic E-state index is 11.0. The predicted molar refractivity (Wildman–Crippen MR) is 83.7 cm³/mol. The van der Waals surface area contributed by atoms with Crippen molar-refractivity contribution < 1.29 is 10.2 Å². The SMILES string of the molecule is C[C@]12C[C@H](O)C3[C@@H](CC[C@H]4CCCC[C@]34C)[C@@H]1CC[C@@H]2O. The van der Waals surface area contributed by atoms with E-state index < -0.39 is 0 Å². The summed E-state index contributed by atoms with van der Waals surface area (Å²) in [5.41, 5.74) is 0.355. The van der Waals surface area contributed by atoms with Crippen molar-refractivity contribution in [2.75, 3.05) is 0 Å². The Bertz CT molecular complexity index is 422. The van der Waals surface area contributed by atoms with Crippen LogP contribution >= 0.6 is 0 Å². The molecule has 21 heavy (non-hydrogen) atoms. The third kappa shape index (κ3) is 1.84. The van der Waals surface area contributed by atoms with Gasteiger partial charge in [0, 0.05) is 0 Å². The molecule has 0 amide bonds. The minimum absolute atomic E-state index is 0.0154. The summed E-state index contributed by atoms with van der Waals surface area (Å²) >= 11 is 0. The van der Waals surface area contributed by atoms with Crippen molar-refractivity contribution in [3.8, 4) is 0 Å². The largest absolute Gasteiger partial charge is 0.393 e. The highest BCUT2D eigenvalue weighted by molar-refractivity contribution is 5.11. The first kappa shape index (κ1) is 14.5. The van der Waals surface area contributed by atoms with Gasteiger partial charge in [-0.2, -0.15) is 0 Å². The quantitative estimate of drug-likeness (QED) is 0.714. The average Bonchev–Trinajstić information content (AvgIpc) is 2.73. The summed E-state index contributed by atoms with van der Waals surface area (Å²) in [6, 6.07) is 0. The molecule has 4 rings (SSSR count). The van der Waals surface area contributed by atoms with Gasteiger partial charge in [-0.3, -0.25) is 0 Å². The summed E-state index contributed by atoms with van der Waals surface area (Å²) in [4.78, 5) is 0. The van der Waals surface area contributed by atoms with Crippen LogP contribution in [0.4, 0.5) is 0 Å². The molecule has 0 spiro atoms. The van der Waals surface area contributed by atoms with E-state index in [1.54, 1.807) is 0 Å². The highest BCUT2D eigenvalue weighted by Gasteiger charge is 2.62. The van der Waals surface area contributed by atoms with Crippen LogP contribution in [0.1, 0.15) is 71.6 Å². The fourth-order valence-electron chi connectivity index (χ4n) is 7.39. The monoisotopic (exact) mass is 292 g/mol. The fraction of sp³-hybridized carbons (Fsp3) is 1.00. The van der Waals surface area contributed by atoms with Crippen LogP contribution in [-0.4, -0.2) is 22.4 Å². The number of fused-ring (bicyclic) bond motifs is 5. The van der Waals surface area contributed by atoms with Gasteiger partial charge < -0.3 is 10.2 Å². The summed E-state index contributed by atoms with van der Waals surface area (Å²) in [5.74, 6) is 2.66. The maximum absolute atomic E-state index is 11.0. The lowest BCUT2D eigenvalue weighted by molar-refractivity contribution is -0.175. The van der Waals surface area contributed by atoms with Gasteiger partial charge in [0.25, 0.3) is 0 Å². The van der Waals surface area contributed by atoms with Gasteiger partial charge in [-0.25, -0.2) is 0 Å². The van der Waals surface area contributed by atoms with E-state index in [2.05, 4.69) is 13.8 Å². The lowest BCUT2D eigenvalue weighted by atomic mass is 9.44. The first-order chi connectivity index (χ1) is 9.97. The molecule has 0 aromatic heterocycles. The van der Waals surface area contributed by atoms with Crippen molar-refractivity contribution in [3.63, 3.8) is 0 Å². The third-order valence-electron chi connectivity index (χ3n) is 8.46. The molecule has 0 aromatic carbocycles. The van der Waals surface area contributed by atoms with E-state index in [9.17, 15) is 10.2 Å². The van der Waals surface area contributed by atoms with E-state index >= 15 is 0 Å². The summed E-state index contributed by atoms with van der Waals surface area (Å²) in [6.45, 7) is 4.75. The number of hydrogen-bond acceptors (Lipinski definition) is 2. The summed E-state index contributed by atoms with van der Waals surface area (Å²) in [5, 5.41) is 21.5. The molecule has 4 fully saturated rings. The van der Waals surface area contributed by atoms with Gasteiger partial charge >= 0.3 is 0 Å². The summed E-state index contributed by atoms with van der Waals surface area (Å²) in [7, 11) is 0. The van der Waals surface area contributed by atoms with Crippen LogP contribution in [0.5, 0.6) is 0 Å². The van der Waals surface area contributed by atoms with Gasteiger partial charge in [0.1, 0.15) is 0 Å². The van der Waals surface area contributed by atoms with Crippen LogP contribution in [0, 0.1) is 34.5 Å². The number of hydrogen-bond donors (Lipinski definition) is 2. The van der Waals surface area contributed by atoms with Crippen molar-refractivity contribution in [3.05, 3.63) is 0 Å². The molecule has 0 heterocycles. The highest BCUT2D eigenvalue weighted by atomic mass is 16.3. The van der Waals surface area contributed by atoms with Crippen molar-refractivity contribution in [1.29, 1.82) is 0 Å². The minimum atomic E-state index is -0.185. The van der Waals surface area contributed by atoms with Crippen molar-refractivity contribution in [2.45, 2.75) is 83.8 Å². The molecule has 0 aliphatic heterocycles. The number of aliphatic hydroxyl groups is 2. The molecular formula is C19H32O2. The molecule has 0 aromatic rings. The van der Waals surface area contributed by atoms with E-state index in [0.717, 1.165) is 18.8 Å². The summed E-state index contributed by atoms with van der Waals surface area (Å²) < 4.78 is 0. The normalized spacial score (nSPS) is 60.0. The van der Waals surface area contributed by atoms with Gasteiger partial charge in [0.05, 0.1) is 12.2 Å². The molecular weight excluding hydrogens is 260 g/mol. The van der Waals surface area contributed by atoms with E-state index in [1.165, 1.54) is 44.9 Å². The molecule has 2 nitrogen and oxygen atoms in total. The average molecular weight is 292 g/mol. The van der Waals surface area contributed by atoms with Gasteiger partial charge in [0.15, 0.2) is 0 Å². The van der Waals surface area contributed by atoms with Crippen LogP contribution in [-0.2, 0) is 0 Å². The second-order valence-corrected chi connectivity index (χ2v) is 9.19. The van der Waals surface area contributed by atoms with Crippen molar-refractivity contribution in [2.24, 2.45) is 34.5 Å². The fourth-order valence-corrected chi connectivity index (χ4v) is 7.39. The van der Waals surface area contributed by atoms with Gasteiger partial charge in [0.2, 0.25) is 0 Å². The lowest BCUT2D eigenvalue weighted by Crippen LogP contribution is -2.58. The van der Waals surface area contributed by atoms with Crippen LogP contribution in [0.3, 0.4) is 0 Å². The zero-order valence-corrected chi connectivity index (χ0v) is 13.7. The molecule has 0 saturated heterocycles. The molecule has 0 radical (unpaired) electrons. The van der Waals surface area contributed by atoms with E-state index in [-0.39, 0.29) is 17.6 Å². The number of aliphatic hydroxyl groups excluding tert-OH is 2. The Labute approximate surface area is 129 Å². The Kier molecular flexibility index (Phi) is 3.25. The molecule has 0 bridgehead atoms. The molecule has 2 heteroatoms. The van der Waals surface area contributed by atoms with E-state index in [4.69, 9.17) is 0 Å². The zero-order chi connectivity index (χ0) is 14.8. The van der Waals surface area contributed by atoms with Crippen molar-refractivity contribution >= 4 is 0 Å². The Morgan fingerprint density at radius 2 is 1.67 bits per heavy atom. The molecule has 1 unspecified atom stereocenters. The zero-order valence-electron chi connectivity index (χ0n) is 13.7. The predicted octanol–water partition coefficient (Wildman–Crippen LogP) is 3.75. The van der Waals surface area contributed by atoms with E-state index in [1.807, 2.05) is 0 Å². The Morgan fingerprint density at radius 1 is 0.857 bits per heavy atom. The summed E-state index contributed by atoms with van der Waals surface area (Å²) in [6.07, 6.45) is 10.7. The molecule has 4 aliphatic carbocycles. The van der Waals surface area contributed by atoms with Crippen LogP contribution < -0.4 is 0 Å². The molecule has 2 N–H and O–H groups in total. The second-order valence-electron chi connectivity index (χ2n) is 9.19. The number of rotatable bonds is 0. The Hall–Kier alpha value is -0.0800. The van der Waals surface area contributed by atoms with Gasteiger partial charge in [-0.1, -0.05) is 26.7 Å². The van der Waals surface area contributed by atoms with Crippen molar-refractivity contribution in [1.82, 2.24) is 0 Å². The van der Waals surface area contributed by atoms with Gasteiger partial charge in [-0.05, 0) is 79.4 Å². The Balaban J connectivity index is 1.70. The molecule has 4 saturated carbocycles. The maximum Gasteiger partial charge on any atom is 0.0597 e. The second kappa shape index (κ2) is 4.71. The molecule has 120 valence electrons. The topological polar surface area (TPSA) is 40.5 Å². The van der Waals surface area contributed by atoms with Crippen LogP contribution in [0.25, 0.3) is 0 Å². The van der Waals surface area contributed by atoms with Gasteiger partial charge in [-0.15, -0.1) is 0 Å². The smallest absolute Gasteiger partial charge is 0.0597 e. The lowest BCUT2D eigenvalue weighted by Gasteiger charge is -2.61.